The predicted molar refractivity (Wildman–Crippen MR) is 44.4 cm³/mol. The molecule has 12 heavy (non-hydrogen) atoms. The summed E-state index contributed by atoms with van der Waals surface area (Å²) in [6.45, 7) is 6.57. The average Bonchev–Trinajstić information content (AvgIpc) is 2.55. The number of ether oxygens (including phenoxy) is 1. The Kier molecular flexibility index (Phi) is 1.51. The van der Waals surface area contributed by atoms with Gasteiger partial charge in [0, 0.05) is 6.54 Å². The van der Waals surface area contributed by atoms with E-state index < -0.39 is 5.54 Å². The van der Waals surface area contributed by atoms with Crippen molar-refractivity contribution in [2.24, 2.45) is 0 Å². The second-order valence-corrected chi connectivity index (χ2v) is 3.43. The van der Waals surface area contributed by atoms with E-state index in [4.69, 9.17) is 4.74 Å². The van der Waals surface area contributed by atoms with Gasteiger partial charge in [-0.15, -0.1) is 6.58 Å². The lowest BCUT2D eigenvalue weighted by molar-refractivity contribution is -0.143. The lowest BCUT2D eigenvalue weighted by Crippen LogP contribution is -2.43. The highest BCUT2D eigenvalue weighted by Crippen LogP contribution is 2.38. The SMILES string of the molecule is C=C[C@@]12CCCN1[C@@H](C)OC2=O. The maximum Gasteiger partial charge on any atom is 0.332 e. The fraction of sp³-hybridized carbons (Fsp3) is 0.667. The number of carbonyl (C=O) groups is 1. The fourth-order valence-electron chi connectivity index (χ4n) is 2.21. The quantitative estimate of drug-likeness (QED) is 0.429. The summed E-state index contributed by atoms with van der Waals surface area (Å²) in [6.07, 6.45) is 3.58. The zero-order chi connectivity index (χ0) is 8.77. The van der Waals surface area contributed by atoms with Crippen molar-refractivity contribution >= 4 is 5.97 Å². The van der Waals surface area contributed by atoms with Crippen LogP contribution in [0.3, 0.4) is 0 Å². The summed E-state index contributed by atoms with van der Waals surface area (Å²) in [5, 5.41) is 0. The number of hydrogen-bond donors (Lipinski definition) is 0. The molecular formula is C9H13NO2. The smallest absolute Gasteiger partial charge is 0.332 e. The van der Waals surface area contributed by atoms with Crippen LogP contribution in [0.2, 0.25) is 0 Å². The molecule has 0 spiro atoms. The van der Waals surface area contributed by atoms with Crippen molar-refractivity contribution in [3.05, 3.63) is 12.7 Å². The Labute approximate surface area is 72.0 Å². The van der Waals surface area contributed by atoms with Gasteiger partial charge in [-0.25, -0.2) is 9.69 Å². The molecule has 0 aliphatic carbocycles. The number of carbonyl (C=O) groups excluding carboxylic acids is 1. The predicted octanol–water partition coefficient (Wildman–Crippen LogP) is 0.910. The maximum absolute atomic E-state index is 11.5. The van der Waals surface area contributed by atoms with E-state index in [1.54, 1.807) is 6.08 Å². The summed E-state index contributed by atoms with van der Waals surface area (Å²) >= 11 is 0. The minimum atomic E-state index is -0.487. The van der Waals surface area contributed by atoms with Gasteiger partial charge in [0.2, 0.25) is 0 Å². The molecule has 0 saturated carbocycles. The van der Waals surface area contributed by atoms with Gasteiger partial charge in [-0.3, -0.25) is 0 Å². The molecular weight excluding hydrogens is 154 g/mol. The molecule has 0 N–H and O–H groups in total. The number of hydrogen-bond acceptors (Lipinski definition) is 3. The normalized spacial score (nSPS) is 41.1. The van der Waals surface area contributed by atoms with Crippen LogP contribution < -0.4 is 0 Å². The molecule has 2 rings (SSSR count). The first kappa shape index (κ1) is 7.80. The topological polar surface area (TPSA) is 29.5 Å². The monoisotopic (exact) mass is 167 g/mol. The van der Waals surface area contributed by atoms with E-state index in [-0.39, 0.29) is 12.2 Å². The largest absolute Gasteiger partial charge is 0.445 e. The van der Waals surface area contributed by atoms with Crippen LogP contribution in [0.25, 0.3) is 0 Å². The number of esters is 1. The van der Waals surface area contributed by atoms with Crippen molar-refractivity contribution in [3.63, 3.8) is 0 Å². The van der Waals surface area contributed by atoms with E-state index >= 15 is 0 Å². The van der Waals surface area contributed by atoms with Gasteiger partial charge in [-0.05, 0) is 19.8 Å². The van der Waals surface area contributed by atoms with Gasteiger partial charge in [0.05, 0.1) is 0 Å². The van der Waals surface area contributed by atoms with Gasteiger partial charge >= 0.3 is 5.97 Å². The van der Waals surface area contributed by atoms with Gasteiger partial charge in [0.15, 0.2) is 6.23 Å². The Morgan fingerprint density at radius 1 is 1.83 bits per heavy atom. The molecule has 3 heteroatoms. The first-order valence-electron chi connectivity index (χ1n) is 4.32. The van der Waals surface area contributed by atoms with Crippen LogP contribution >= 0.6 is 0 Å². The van der Waals surface area contributed by atoms with E-state index in [1.165, 1.54) is 0 Å². The number of fused-ring (bicyclic) bond motifs is 1. The van der Waals surface area contributed by atoms with Crippen LogP contribution in [-0.4, -0.2) is 29.2 Å². The molecule has 2 aliphatic heterocycles. The van der Waals surface area contributed by atoms with E-state index in [0.29, 0.717) is 0 Å². The zero-order valence-electron chi connectivity index (χ0n) is 7.25. The molecule has 0 aromatic rings. The van der Waals surface area contributed by atoms with Crippen molar-refractivity contribution in [3.8, 4) is 0 Å². The van der Waals surface area contributed by atoms with E-state index in [2.05, 4.69) is 11.5 Å². The van der Waals surface area contributed by atoms with Gasteiger partial charge in [-0.1, -0.05) is 6.08 Å². The van der Waals surface area contributed by atoms with Gasteiger partial charge in [0.25, 0.3) is 0 Å². The summed E-state index contributed by atoms with van der Waals surface area (Å²) in [4.78, 5) is 13.6. The maximum atomic E-state index is 11.5. The summed E-state index contributed by atoms with van der Waals surface area (Å²) in [6, 6.07) is 0. The molecule has 2 atom stereocenters. The van der Waals surface area contributed by atoms with Crippen molar-refractivity contribution in [2.45, 2.75) is 31.5 Å². The zero-order valence-corrected chi connectivity index (χ0v) is 7.25. The van der Waals surface area contributed by atoms with E-state index in [1.807, 2.05) is 6.92 Å². The molecule has 0 aromatic heterocycles. The van der Waals surface area contributed by atoms with Crippen LogP contribution in [0.4, 0.5) is 0 Å². The van der Waals surface area contributed by atoms with Crippen molar-refractivity contribution < 1.29 is 9.53 Å². The molecule has 0 radical (unpaired) electrons. The molecule has 2 aliphatic rings. The van der Waals surface area contributed by atoms with Gasteiger partial charge in [-0.2, -0.15) is 0 Å². The Morgan fingerprint density at radius 3 is 3.17 bits per heavy atom. The van der Waals surface area contributed by atoms with E-state index in [0.717, 1.165) is 19.4 Å². The molecule has 3 nitrogen and oxygen atoms in total. The first-order valence-corrected chi connectivity index (χ1v) is 4.32. The van der Waals surface area contributed by atoms with Crippen LogP contribution in [-0.2, 0) is 9.53 Å². The third-order valence-electron chi connectivity index (χ3n) is 2.88. The third kappa shape index (κ3) is 0.719. The summed E-state index contributed by atoms with van der Waals surface area (Å²) < 4.78 is 5.14. The van der Waals surface area contributed by atoms with Crippen molar-refractivity contribution in [2.75, 3.05) is 6.54 Å². The van der Waals surface area contributed by atoms with E-state index in [9.17, 15) is 4.79 Å². The van der Waals surface area contributed by atoms with Gasteiger partial charge < -0.3 is 4.74 Å². The lowest BCUT2D eigenvalue weighted by Gasteiger charge is -2.24. The molecule has 0 aromatic carbocycles. The highest BCUT2D eigenvalue weighted by molar-refractivity contribution is 5.85. The van der Waals surface area contributed by atoms with Gasteiger partial charge in [0.1, 0.15) is 5.54 Å². The Bertz CT molecular complexity index is 239. The van der Waals surface area contributed by atoms with Crippen LogP contribution in [0.5, 0.6) is 0 Å². The lowest BCUT2D eigenvalue weighted by atomic mass is 9.98. The molecule has 2 heterocycles. The summed E-state index contributed by atoms with van der Waals surface area (Å²) in [7, 11) is 0. The fourth-order valence-corrected chi connectivity index (χ4v) is 2.21. The average molecular weight is 167 g/mol. The minimum Gasteiger partial charge on any atom is -0.445 e. The van der Waals surface area contributed by atoms with Crippen molar-refractivity contribution in [1.82, 2.24) is 4.90 Å². The molecule has 2 fully saturated rings. The highest BCUT2D eigenvalue weighted by Gasteiger charge is 2.54. The third-order valence-corrected chi connectivity index (χ3v) is 2.88. The number of nitrogens with zero attached hydrogens (tertiary/aromatic N) is 1. The minimum absolute atomic E-state index is 0.0713. The molecule has 0 amide bonds. The summed E-state index contributed by atoms with van der Waals surface area (Å²) in [5.41, 5.74) is -0.487. The molecule has 66 valence electrons. The molecule has 2 saturated heterocycles. The van der Waals surface area contributed by atoms with Crippen LogP contribution in [0.15, 0.2) is 12.7 Å². The molecule has 0 bridgehead atoms. The van der Waals surface area contributed by atoms with Crippen LogP contribution in [0, 0.1) is 0 Å². The van der Waals surface area contributed by atoms with Crippen LogP contribution in [0.1, 0.15) is 19.8 Å². The Balaban J connectivity index is 2.38. The second kappa shape index (κ2) is 2.33. The second-order valence-electron chi connectivity index (χ2n) is 3.43. The highest BCUT2D eigenvalue weighted by atomic mass is 16.6. The Hall–Kier alpha value is -0.830. The summed E-state index contributed by atoms with van der Waals surface area (Å²) in [5.74, 6) is -0.123. The standard InChI is InChI=1S/C9H13NO2/c1-3-9-5-4-6-10(9)7(2)12-8(9)11/h3,7H,1,4-6H2,2H3/t7-,9+/m1/s1. The number of rotatable bonds is 1. The Morgan fingerprint density at radius 2 is 2.58 bits per heavy atom. The number of cyclic esters (lactones) is 1. The first-order chi connectivity index (χ1) is 5.70. The molecule has 0 unspecified atom stereocenters. The van der Waals surface area contributed by atoms with Crippen molar-refractivity contribution in [1.29, 1.82) is 0 Å².